The molecule has 0 amide bonds. The third kappa shape index (κ3) is 2.44. The maximum atomic E-state index is 5.71. The molecule has 1 aliphatic rings. The van der Waals surface area contributed by atoms with Gasteiger partial charge in [0.05, 0.1) is 37.7 Å². The van der Waals surface area contributed by atoms with E-state index >= 15 is 0 Å². The van der Waals surface area contributed by atoms with Crippen molar-refractivity contribution in [3.05, 3.63) is 35.5 Å². The van der Waals surface area contributed by atoms with Gasteiger partial charge in [-0.15, -0.1) is 5.10 Å². The van der Waals surface area contributed by atoms with Gasteiger partial charge in [-0.2, -0.15) is 0 Å². The Kier molecular flexibility index (Phi) is 3.12. The van der Waals surface area contributed by atoms with E-state index in [1.54, 1.807) is 6.20 Å². The standard InChI is InChI=1S/C12H16N4O2/c1-9-2-3-11(18-9)5-13-6-12-7-16-10(8-17-12)4-14-15-16/h2-4,12-13H,5-8H2,1H3/t12-/m1/s1. The number of aryl methyl sites for hydroxylation is 1. The molecule has 0 unspecified atom stereocenters. The van der Waals surface area contributed by atoms with Crippen molar-refractivity contribution in [1.29, 1.82) is 0 Å². The lowest BCUT2D eigenvalue weighted by molar-refractivity contribution is 0.000786. The predicted molar refractivity (Wildman–Crippen MR) is 63.8 cm³/mol. The predicted octanol–water partition coefficient (Wildman–Crippen LogP) is 0.868. The second kappa shape index (κ2) is 4.91. The Balaban J connectivity index is 1.47. The van der Waals surface area contributed by atoms with Crippen molar-refractivity contribution < 1.29 is 9.15 Å². The largest absolute Gasteiger partial charge is 0.465 e. The second-order valence-corrected chi connectivity index (χ2v) is 4.48. The quantitative estimate of drug-likeness (QED) is 0.869. The second-order valence-electron chi connectivity index (χ2n) is 4.48. The first kappa shape index (κ1) is 11.4. The summed E-state index contributed by atoms with van der Waals surface area (Å²) in [4.78, 5) is 0. The summed E-state index contributed by atoms with van der Waals surface area (Å²) in [5.41, 5.74) is 1.04. The molecule has 96 valence electrons. The number of hydrogen-bond donors (Lipinski definition) is 1. The van der Waals surface area contributed by atoms with Gasteiger partial charge in [0.2, 0.25) is 0 Å². The molecule has 6 heteroatoms. The van der Waals surface area contributed by atoms with E-state index in [4.69, 9.17) is 9.15 Å². The van der Waals surface area contributed by atoms with Crippen LogP contribution in [0.4, 0.5) is 0 Å². The molecule has 0 saturated carbocycles. The van der Waals surface area contributed by atoms with Crippen LogP contribution in [-0.2, 0) is 24.4 Å². The summed E-state index contributed by atoms with van der Waals surface area (Å²) in [7, 11) is 0. The van der Waals surface area contributed by atoms with Crippen molar-refractivity contribution in [3.8, 4) is 0 Å². The van der Waals surface area contributed by atoms with Crippen LogP contribution in [0.5, 0.6) is 0 Å². The molecule has 1 atom stereocenters. The molecule has 0 radical (unpaired) electrons. The topological polar surface area (TPSA) is 65.1 Å². The maximum absolute atomic E-state index is 5.71. The van der Waals surface area contributed by atoms with Gasteiger partial charge in [-0.25, -0.2) is 4.68 Å². The van der Waals surface area contributed by atoms with E-state index in [2.05, 4.69) is 15.6 Å². The van der Waals surface area contributed by atoms with Crippen LogP contribution in [0, 0.1) is 6.92 Å². The van der Waals surface area contributed by atoms with Gasteiger partial charge in [-0.1, -0.05) is 5.21 Å². The highest BCUT2D eigenvalue weighted by Gasteiger charge is 2.19. The highest BCUT2D eigenvalue weighted by molar-refractivity contribution is 5.05. The zero-order chi connectivity index (χ0) is 12.4. The minimum Gasteiger partial charge on any atom is -0.465 e. The van der Waals surface area contributed by atoms with Gasteiger partial charge in [0.25, 0.3) is 0 Å². The minimum absolute atomic E-state index is 0.134. The van der Waals surface area contributed by atoms with Gasteiger partial charge in [0, 0.05) is 6.54 Å². The molecule has 2 aromatic rings. The van der Waals surface area contributed by atoms with Crippen molar-refractivity contribution >= 4 is 0 Å². The van der Waals surface area contributed by atoms with Gasteiger partial charge in [-0.05, 0) is 19.1 Å². The third-order valence-corrected chi connectivity index (χ3v) is 3.01. The SMILES string of the molecule is Cc1ccc(CNC[C@@H]2Cn3nncc3CO2)o1. The molecule has 0 saturated heterocycles. The Morgan fingerprint density at radius 2 is 2.44 bits per heavy atom. The first-order valence-electron chi connectivity index (χ1n) is 6.06. The van der Waals surface area contributed by atoms with Gasteiger partial charge in [0.15, 0.2) is 0 Å². The molecule has 0 aromatic carbocycles. The molecule has 0 bridgehead atoms. The molecule has 6 nitrogen and oxygen atoms in total. The number of aromatic nitrogens is 3. The summed E-state index contributed by atoms with van der Waals surface area (Å²) in [6.45, 7) is 4.77. The summed E-state index contributed by atoms with van der Waals surface area (Å²) in [5, 5.41) is 11.2. The zero-order valence-electron chi connectivity index (χ0n) is 10.3. The lowest BCUT2D eigenvalue weighted by atomic mass is 10.3. The number of nitrogens with one attached hydrogen (secondary N) is 1. The van der Waals surface area contributed by atoms with Crippen molar-refractivity contribution in [2.24, 2.45) is 0 Å². The molecule has 3 rings (SSSR count). The summed E-state index contributed by atoms with van der Waals surface area (Å²) >= 11 is 0. The molecule has 1 aliphatic heterocycles. The van der Waals surface area contributed by atoms with Gasteiger partial charge in [-0.3, -0.25) is 0 Å². The van der Waals surface area contributed by atoms with Crippen LogP contribution >= 0.6 is 0 Å². The van der Waals surface area contributed by atoms with Crippen LogP contribution in [0.1, 0.15) is 17.2 Å². The zero-order valence-corrected chi connectivity index (χ0v) is 10.3. The fraction of sp³-hybridized carbons (Fsp3) is 0.500. The van der Waals surface area contributed by atoms with Crippen LogP contribution < -0.4 is 5.32 Å². The van der Waals surface area contributed by atoms with E-state index in [-0.39, 0.29) is 6.10 Å². The van der Waals surface area contributed by atoms with Crippen molar-refractivity contribution in [2.75, 3.05) is 6.54 Å². The molecule has 0 fully saturated rings. The van der Waals surface area contributed by atoms with Crippen molar-refractivity contribution in [3.63, 3.8) is 0 Å². The van der Waals surface area contributed by atoms with Crippen LogP contribution in [0.25, 0.3) is 0 Å². The van der Waals surface area contributed by atoms with Crippen LogP contribution in [0.15, 0.2) is 22.7 Å². The smallest absolute Gasteiger partial charge is 0.117 e. The number of nitrogens with zero attached hydrogens (tertiary/aromatic N) is 3. The van der Waals surface area contributed by atoms with Crippen LogP contribution in [-0.4, -0.2) is 27.6 Å². The summed E-state index contributed by atoms with van der Waals surface area (Å²) in [6.07, 6.45) is 1.88. The molecular weight excluding hydrogens is 232 g/mol. The first-order chi connectivity index (χ1) is 8.81. The average molecular weight is 248 g/mol. The normalized spacial score (nSPS) is 18.8. The van der Waals surface area contributed by atoms with Crippen molar-refractivity contribution in [2.45, 2.75) is 32.7 Å². The van der Waals surface area contributed by atoms with Crippen molar-refractivity contribution in [1.82, 2.24) is 20.3 Å². The monoisotopic (exact) mass is 248 g/mol. The average Bonchev–Trinajstić information content (AvgIpc) is 2.97. The molecular formula is C12H16N4O2. The number of furan rings is 1. The molecule has 2 aromatic heterocycles. The minimum atomic E-state index is 0.134. The Morgan fingerprint density at radius 1 is 1.50 bits per heavy atom. The highest BCUT2D eigenvalue weighted by Crippen LogP contribution is 2.11. The fourth-order valence-electron chi connectivity index (χ4n) is 2.05. The number of hydrogen-bond acceptors (Lipinski definition) is 5. The Bertz CT molecular complexity index is 520. The van der Waals surface area contributed by atoms with E-state index in [0.717, 1.165) is 36.8 Å². The highest BCUT2D eigenvalue weighted by atomic mass is 16.5. The Morgan fingerprint density at radius 3 is 3.28 bits per heavy atom. The number of rotatable bonds is 4. The van der Waals surface area contributed by atoms with Gasteiger partial charge in [0.1, 0.15) is 11.5 Å². The van der Waals surface area contributed by atoms with E-state index in [0.29, 0.717) is 6.61 Å². The van der Waals surface area contributed by atoms with Crippen LogP contribution in [0.3, 0.4) is 0 Å². The van der Waals surface area contributed by atoms with E-state index in [1.807, 2.05) is 23.7 Å². The third-order valence-electron chi connectivity index (χ3n) is 3.01. The molecule has 1 N–H and O–H groups in total. The molecule has 18 heavy (non-hydrogen) atoms. The van der Waals surface area contributed by atoms with Crippen LogP contribution in [0.2, 0.25) is 0 Å². The summed E-state index contributed by atoms with van der Waals surface area (Å²) < 4.78 is 13.1. The van der Waals surface area contributed by atoms with Gasteiger partial charge < -0.3 is 14.5 Å². The van der Waals surface area contributed by atoms with E-state index < -0.39 is 0 Å². The fourth-order valence-corrected chi connectivity index (χ4v) is 2.05. The lowest BCUT2D eigenvalue weighted by Crippen LogP contribution is -2.36. The van der Waals surface area contributed by atoms with E-state index in [1.165, 1.54) is 0 Å². The summed E-state index contributed by atoms with van der Waals surface area (Å²) in [6, 6.07) is 3.95. The number of fused-ring (bicyclic) bond motifs is 1. The van der Waals surface area contributed by atoms with E-state index in [9.17, 15) is 0 Å². The Labute approximate surface area is 105 Å². The molecule has 3 heterocycles. The first-order valence-corrected chi connectivity index (χ1v) is 6.06. The summed E-state index contributed by atoms with van der Waals surface area (Å²) in [5.74, 6) is 1.89. The molecule has 0 spiro atoms. The Hall–Kier alpha value is -1.66. The lowest BCUT2D eigenvalue weighted by Gasteiger charge is -2.23. The molecule has 0 aliphatic carbocycles. The number of ether oxygens (including phenoxy) is 1. The van der Waals surface area contributed by atoms with Gasteiger partial charge >= 0.3 is 0 Å². The maximum Gasteiger partial charge on any atom is 0.117 e.